The van der Waals surface area contributed by atoms with Crippen LogP contribution in [-0.4, -0.2) is 46.7 Å². The highest BCUT2D eigenvalue weighted by atomic mass is 16.5. The summed E-state index contributed by atoms with van der Waals surface area (Å²) >= 11 is 0. The van der Waals surface area contributed by atoms with Crippen molar-refractivity contribution in [3.05, 3.63) is 57.6 Å². The highest BCUT2D eigenvalue weighted by Gasteiger charge is 2.22. The lowest BCUT2D eigenvalue weighted by atomic mass is 10.1. The van der Waals surface area contributed by atoms with E-state index in [-0.39, 0.29) is 23.5 Å². The number of aryl methyl sites for hydroxylation is 1. The van der Waals surface area contributed by atoms with Gasteiger partial charge in [0.2, 0.25) is 0 Å². The van der Waals surface area contributed by atoms with E-state index in [2.05, 4.69) is 21.4 Å². The minimum absolute atomic E-state index is 0.0718. The Morgan fingerprint density at radius 2 is 2.29 bits per heavy atom. The van der Waals surface area contributed by atoms with Gasteiger partial charge < -0.3 is 25.7 Å². The number of hydrogen-bond donors (Lipinski definition) is 3. The largest absolute Gasteiger partial charge is 0.383 e. The van der Waals surface area contributed by atoms with E-state index in [1.54, 1.807) is 4.90 Å². The van der Waals surface area contributed by atoms with Gasteiger partial charge in [0.15, 0.2) is 0 Å². The summed E-state index contributed by atoms with van der Waals surface area (Å²) in [6, 6.07) is 9.19. The Kier molecular flexibility index (Phi) is 6.65. The van der Waals surface area contributed by atoms with Crippen molar-refractivity contribution in [2.45, 2.75) is 38.8 Å². The maximum Gasteiger partial charge on any atom is 0.317 e. The van der Waals surface area contributed by atoms with Gasteiger partial charge in [-0.3, -0.25) is 4.79 Å². The molecule has 8 heteroatoms. The summed E-state index contributed by atoms with van der Waals surface area (Å²) in [4.78, 5) is 32.7. The van der Waals surface area contributed by atoms with Crippen LogP contribution in [0.5, 0.6) is 0 Å². The number of benzene rings is 1. The number of hydrogen-bond acceptors (Lipinski definition) is 5. The molecular formula is C20H27N5O3. The monoisotopic (exact) mass is 385 g/mol. The predicted octanol–water partition coefficient (Wildman–Crippen LogP) is 1.59. The number of carbonyl (C=O) groups is 1. The quantitative estimate of drug-likeness (QED) is 0.670. The van der Waals surface area contributed by atoms with Crippen molar-refractivity contribution in [2.75, 3.05) is 25.4 Å². The number of amides is 2. The highest BCUT2D eigenvalue weighted by molar-refractivity contribution is 5.74. The number of ether oxygens (including phenoxy) is 1. The number of urea groups is 1. The van der Waals surface area contributed by atoms with Gasteiger partial charge in [-0.05, 0) is 25.3 Å². The molecule has 1 unspecified atom stereocenters. The maximum atomic E-state index is 12.8. The molecule has 2 amide bonds. The van der Waals surface area contributed by atoms with Crippen molar-refractivity contribution in [3.63, 3.8) is 0 Å². The minimum atomic E-state index is -0.298. The predicted molar refractivity (Wildman–Crippen MR) is 107 cm³/mol. The van der Waals surface area contributed by atoms with E-state index in [1.807, 2.05) is 25.1 Å². The number of carbonyl (C=O) groups excluding carboxylic acids is 1. The lowest BCUT2D eigenvalue weighted by Crippen LogP contribution is -2.44. The molecule has 2 heterocycles. The van der Waals surface area contributed by atoms with E-state index in [4.69, 9.17) is 10.5 Å². The first-order chi connectivity index (χ1) is 13.5. The van der Waals surface area contributed by atoms with Crippen LogP contribution in [0.1, 0.15) is 29.8 Å². The molecule has 1 aromatic heterocycles. The van der Waals surface area contributed by atoms with Crippen LogP contribution in [0.2, 0.25) is 0 Å². The van der Waals surface area contributed by atoms with Gasteiger partial charge in [-0.2, -0.15) is 0 Å². The summed E-state index contributed by atoms with van der Waals surface area (Å²) in [5.74, 6) is 0.624. The molecule has 0 aliphatic carbocycles. The second-order valence-electron chi connectivity index (χ2n) is 7.10. The van der Waals surface area contributed by atoms with Gasteiger partial charge in [-0.15, -0.1) is 0 Å². The van der Waals surface area contributed by atoms with Crippen LogP contribution in [0, 0.1) is 6.92 Å². The van der Waals surface area contributed by atoms with Crippen molar-refractivity contribution < 1.29 is 9.53 Å². The van der Waals surface area contributed by atoms with Crippen LogP contribution >= 0.6 is 0 Å². The molecule has 4 N–H and O–H groups in total. The molecule has 0 spiro atoms. The van der Waals surface area contributed by atoms with Crippen molar-refractivity contribution in [3.8, 4) is 0 Å². The van der Waals surface area contributed by atoms with Gasteiger partial charge in [0, 0.05) is 38.7 Å². The number of nitrogen functional groups attached to an aromatic ring is 1. The molecule has 1 fully saturated rings. The Labute approximate surface area is 164 Å². The third-order valence-corrected chi connectivity index (χ3v) is 4.64. The maximum absolute atomic E-state index is 12.8. The Hall–Kier alpha value is -2.87. The fraction of sp³-hybridized carbons (Fsp3) is 0.450. The molecule has 0 bridgehead atoms. The number of anilines is 1. The summed E-state index contributed by atoms with van der Waals surface area (Å²) in [6.07, 6.45) is 2.46. The Balaban J connectivity index is 1.60. The third-order valence-electron chi connectivity index (χ3n) is 4.64. The minimum Gasteiger partial charge on any atom is -0.383 e. The standard InChI is InChI=1S/C20H27N5O3/c1-14-4-2-5-15(10-14)12-25(13-16-6-3-9-28-16)20(27)22-8-7-18-23-17(21)11-19(26)24-18/h2,4-5,10-11,16H,3,6-9,12-13H2,1H3,(H,22,27)(H3,21,23,24,26). The second-order valence-corrected chi connectivity index (χ2v) is 7.10. The molecule has 1 atom stereocenters. The number of nitrogens with one attached hydrogen (secondary N) is 2. The van der Waals surface area contributed by atoms with Crippen LogP contribution in [0.3, 0.4) is 0 Å². The van der Waals surface area contributed by atoms with E-state index in [0.717, 1.165) is 30.6 Å². The third kappa shape index (κ3) is 5.82. The van der Waals surface area contributed by atoms with Crippen LogP contribution in [0.15, 0.2) is 35.1 Å². The van der Waals surface area contributed by atoms with Gasteiger partial charge in [0.05, 0.1) is 6.10 Å². The van der Waals surface area contributed by atoms with Crippen LogP contribution in [-0.2, 0) is 17.7 Å². The number of aromatic nitrogens is 2. The zero-order valence-corrected chi connectivity index (χ0v) is 16.1. The van der Waals surface area contributed by atoms with Crippen molar-refractivity contribution >= 4 is 11.8 Å². The molecule has 28 heavy (non-hydrogen) atoms. The number of H-pyrrole nitrogens is 1. The van der Waals surface area contributed by atoms with Gasteiger partial charge in [-0.25, -0.2) is 9.78 Å². The summed E-state index contributed by atoms with van der Waals surface area (Å²) in [5.41, 5.74) is 7.53. The van der Waals surface area contributed by atoms with Gasteiger partial charge in [0.25, 0.3) is 5.56 Å². The zero-order chi connectivity index (χ0) is 19.9. The Morgan fingerprint density at radius 1 is 1.43 bits per heavy atom. The van der Waals surface area contributed by atoms with Crippen LogP contribution in [0.25, 0.3) is 0 Å². The number of nitrogens with two attached hydrogens (primary N) is 1. The fourth-order valence-corrected chi connectivity index (χ4v) is 3.33. The van der Waals surface area contributed by atoms with E-state index in [1.165, 1.54) is 6.07 Å². The van der Waals surface area contributed by atoms with Gasteiger partial charge in [-0.1, -0.05) is 29.8 Å². The van der Waals surface area contributed by atoms with E-state index in [9.17, 15) is 9.59 Å². The average molecular weight is 385 g/mol. The first kappa shape index (κ1) is 19.9. The first-order valence-corrected chi connectivity index (χ1v) is 9.55. The number of rotatable bonds is 7. The van der Waals surface area contributed by atoms with Gasteiger partial charge in [0.1, 0.15) is 11.6 Å². The summed E-state index contributed by atoms with van der Waals surface area (Å²) in [7, 11) is 0. The van der Waals surface area contributed by atoms with Crippen molar-refractivity contribution in [2.24, 2.45) is 0 Å². The first-order valence-electron chi connectivity index (χ1n) is 9.55. The lowest BCUT2D eigenvalue weighted by Gasteiger charge is -2.26. The summed E-state index contributed by atoms with van der Waals surface area (Å²) in [6.45, 7) is 4.20. The van der Waals surface area contributed by atoms with Crippen LogP contribution in [0.4, 0.5) is 10.6 Å². The molecule has 1 aliphatic heterocycles. The smallest absolute Gasteiger partial charge is 0.317 e. The van der Waals surface area contributed by atoms with E-state index >= 15 is 0 Å². The zero-order valence-electron chi connectivity index (χ0n) is 16.1. The number of nitrogens with zero attached hydrogens (tertiary/aromatic N) is 2. The molecule has 1 aromatic carbocycles. The van der Waals surface area contributed by atoms with E-state index in [0.29, 0.717) is 31.9 Å². The van der Waals surface area contributed by atoms with E-state index < -0.39 is 0 Å². The molecule has 8 nitrogen and oxygen atoms in total. The SMILES string of the molecule is Cc1cccc(CN(CC2CCCO2)C(=O)NCCc2nc(N)cc(=O)[nH]2)c1. The molecule has 3 rings (SSSR count). The Morgan fingerprint density at radius 3 is 3.00 bits per heavy atom. The lowest BCUT2D eigenvalue weighted by molar-refractivity contribution is 0.0795. The molecule has 150 valence electrons. The van der Waals surface area contributed by atoms with Crippen LogP contribution < -0.4 is 16.6 Å². The molecule has 1 aliphatic rings. The van der Waals surface area contributed by atoms with Crippen molar-refractivity contribution in [1.82, 2.24) is 20.2 Å². The molecular weight excluding hydrogens is 358 g/mol. The van der Waals surface area contributed by atoms with Gasteiger partial charge >= 0.3 is 6.03 Å². The summed E-state index contributed by atoms with van der Waals surface area (Å²) < 4.78 is 5.71. The normalized spacial score (nSPS) is 16.1. The molecule has 1 saturated heterocycles. The molecule has 0 radical (unpaired) electrons. The topological polar surface area (TPSA) is 113 Å². The molecule has 0 saturated carbocycles. The molecule has 2 aromatic rings. The number of aromatic amines is 1. The van der Waals surface area contributed by atoms with Crippen molar-refractivity contribution in [1.29, 1.82) is 0 Å². The Bertz CT molecular complexity index is 861. The second kappa shape index (κ2) is 9.36. The average Bonchev–Trinajstić information content (AvgIpc) is 3.13. The highest BCUT2D eigenvalue weighted by Crippen LogP contribution is 2.16. The fourth-order valence-electron chi connectivity index (χ4n) is 3.33. The summed E-state index contributed by atoms with van der Waals surface area (Å²) in [5, 5.41) is 2.91.